The van der Waals surface area contributed by atoms with Gasteiger partial charge >= 0.3 is 0 Å². The lowest BCUT2D eigenvalue weighted by atomic mass is 10.1. The number of methoxy groups -OCH3 is 1. The van der Waals surface area contributed by atoms with Crippen molar-refractivity contribution in [2.45, 2.75) is 25.4 Å². The van der Waals surface area contributed by atoms with E-state index in [0.29, 0.717) is 37.1 Å². The second-order valence-electron chi connectivity index (χ2n) is 4.95. The molecule has 3 rings (SSSR count). The van der Waals surface area contributed by atoms with Crippen molar-refractivity contribution in [2.75, 3.05) is 20.4 Å². The monoisotopic (exact) mass is 278 g/mol. The molecule has 1 aromatic carbocycles. The molecule has 1 fully saturated rings. The van der Waals surface area contributed by atoms with Crippen molar-refractivity contribution >= 4 is 5.91 Å². The molecular formula is C14H18N2O4. The van der Waals surface area contributed by atoms with Crippen LogP contribution in [0.5, 0.6) is 17.2 Å². The number of nitrogens with one attached hydrogen (secondary N) is 2. The highest BCUT2D eigenvalue weighted by Gasteiger charge is 2.21. The number of hydrogen-bond acceptors (Lipinski definition) is 5. The molecule has 0 bridgehead atoms. The molecule has 1 amide bonds. The summed E-state index contributed by atoms with van der Waals surface area (Å²) >= 11 is 0. The molecule has 2 aliphatic rings. The number of piperidine rings is 1. The Labute approximate surface area is 117 Å². The first-order valence-electron chi connectivity index (χ1n) is 6.73. The molecule has 1 atom stereocenters. The molecule has 2 aliphatic heterocycles. The molecule has 0 saturated carbocycles. The van der Waals surface area contributed by atoms with Gasteiger partial charge in [0.1, 0.15) is 0 Å². The fourth-order valence-electron chi connectivity index (χ4n) is 2.46. The Bertz CT molecular complexity index is 508. The van der Waals surface area contributed by atoms with E-state index in [2.05, 4.69) is 10.6 Å². The van der Waals surface area contributed by atoms with E-state index in [9.17, 15) is 4.79 Å². The summed E-state index contributed by atoms with van der Waals surface area (Å²) in [4.78, 5) is 11.1. The second kappa shape index (κ2) is 5.58. The average molecular weight is 278 g/mol. The van der Waals surface area contributed by atoms with Crippen molar-refractivity contribution in [1.29, 1.82) is 0 Å². The number of carbonyl (C=O) groups is 1. The standard InChI is InChI=1S/C14H18N2O4/c1-18-11-4-9(5-12-14(11)20-8-19-12)6-15-10-2-3-13(17)16-7-10/h4-5,10,15H,2-3,6-8H2,1H3,(H,16,17). The van der Waals surface area contributed by atoms with Crippen LogP contribution in [0.2, 0.25) is 0 Å². The van der Waals surface area contributed by atoms with Gasteiger partial charge in [-0.25, -0.2) is 0 Å². The normalized spacial score (nSPS) is 20.6. The zero-order valence-corrected chi connectivity index (χ0v) is 11.4. The Morgan fingerprint density at radius 1 is 1.45 bits per heavy atom. The molecule has 0 aliphatic carbocycles. The van der Waals surface area contributed by atoms with Crippen LogP contribution in [0.25, 0.3) is 0 Å². The van der Waals surface area contributed by atoms with Gasteiger partial charge in [0.25, 0.3) is 0 Å². The third-order valence-corrected chi connectivity index (χ3v) is 3.58. The van der Waals surface area contributed by atoms with Crippen LogP contribution < -0.4 is 24.8 Å². The van der Waals surface area contributed by atoms with Crippen molar-refractivity contribution in [1.82, 2.24) is 10.6 Å². The Morgan fingerprint density at radius 3 is 3.10 bits per heavy atom. The molecule has 2 N–H and O–H groups in total. The molecule has 1 saturated heterocycles. The van der Waals surface area contributed by atoms with Crippen LogP contribution in [0.3, 0.4) is 0 Å². The number of fused-ring (bicyclic) bond motifs is 1. The van der Waals surface area contributed by atoms with Crippen LogP contribution in [-0.2, 0) is 11.3 Å². The number of ether oxygens (including phenoxy) is 3. The highest BCUT2D eigenvalue weighted by Crippen LogP contribution is 2.41. The summed E-state index contributed by atoms with van der Waals surface area (Å²) in [5.74, 6) is 2.21. The lowest BCUT2D eigenvalue weighted by molar-refractivity contribution is -0.122. The summed E-state index contributed by atoms with van der Waals surface area (Å²) in [6.45, 7) is 1.62. The predicted molar refractivity (Wildman–Crippen MR) is 72.0 cm³/mol. The quantitative estimate of drug-likeness (QED) is 0.852. The van der Waals surface area contributed by atoms with Gasteiger partial charge in [0.05, 0.1) is 7.11 Å². The van der Waals surface area contributed by atoms with Crippen LogP contribution >= 0.6 is 0 Å². The maximum absolute atomic E-state index is 11.1. The fraction of sp³-hybridized carbons (Fsp3) is 0.500. The molecule has 108 valence electrons. The molecule has 0 spiro atoms. The third kappa shape index (κ3) is 2.65. The minimum Gasteiger partial charge on any atom is -0.493 e. The number of hydrogen-bond donors (Lipinski definition) is 2. The van der Waals surface area contributed by atoms with Gasteiger partial charge in [-0.15, -0.1) is 0 Å². The molecule has 0 aromatic heterocycles. The van der Waals surface area contributed by atoms with E-state index in [-0.39, 0.29) is 12.7 Å². The Hall–Kier alpha value is -1.95. The van der Waals surface area contributed by atoms with Crippen molar-refractivity contribution in [3.05, 3.63) is 17.7 Å². The van der Waals surface area contributed by atoms with E-state index in [1.165, 1.54) is 0 Å². The predicted octanol–water partition coefficient (Wildman–Crippen LogP) is 0.792. The molecular weight excluding hydrogens is 260 g/mol. The summed E-state index contributed by atoms with van der Waals surface area (Å²) in [5.41, 5.74) is 1.07. The van der Waals surface area contributed by atoms with E-state index in [1.54, 1.807) is 7.11 Å². The van der Waals surface area contributed by atoms with Crippen LogP contribution in [0.15, 0.2) is 12.1 Å². The first-order valence-corrected chi connectivity index (χ1v) is 6.73. The van der Waals surface area contributed by atoms with Gasteiger partial charge < -0.3 is 24.8 Å². The van der Waals surface area contributed by atoms with Crippen molar-refractivity contribution < 1.29 is 19.0 Å². The van der Waals surface area contributed by atoms with Crippen LogP contribution in [0, 0.1) is 0 Å². The maximum atomic E-state index is 11.1. The van der Waals surface area contributed by atoms with Crippen molar-refractivity contribution in [3.8, 4) is 17.2 Å². The average Bonchev–Trinajstić information content (AvgIpc) is 2.94. The van der Waals surface area contributed by atoms with Crippen LogP contribution in [0.1, 0.15) is 18.4 Å². The van der Waals surface area contributed by atoms with Gasteiger partial charge in [0, 0.05) is 25.6 Å². The smallest absolute Gasteiger partial charge is 0.231 e. The largest absolute Gasteiger partial charge is 0.493 e. The molecule has 2 heterocycles. The Balaban J connectivity index is 1.64. The Kier molecular flexibility index (Phi) is 3.64. The van der Waals surface area contributed by atoms with Crippen molar-refractivity contribution in [2.24, 2.45) is 0 Å². The van der Waals surface area contributed by atoms with Crippen LogP contribution in [0.4, 0.5) is 0 Å². The fourth-order valence-corrected chi connectivity index (χ4v) is 2.46. The van der Waals surface area contributed by atoms with E-state index < -0.39 is 0 Å². The summed E-state index contributed by atoms with van der Waals surface area (Å²) in [7, 11) is 1.62. The van der Waals surface area contributed by atoms with Gasteiger partial charge in [-0.2, -0.15) is 0 Å². The van der Waals surface area contributed by atoms with E-state index in [4.69, 9.17) is 14.2 Å². The van der Waals surface area contributed by atoms with Gasteiger partial charge in [-0.1, -0.05) is 0 Å². The minimum absolute atomic E-state index is 0.132. The van der Waals surface area contributed by atoms with Crippen molar-refractivity contribution in [3.63, 3.8) is 0 Å². The second-order valence-corrected chi connectivity index (χ2v) is 4.95. The molecule has 20 heavy (non-hydrogen) atoms. The van der Waals surface area contributed by atoms with Gasteiger partial charge in [-0.3, -0.25) is 4.79 Å². The molecule has 1 aromatic rings. The number of amides is 1. The zero-order valence-electron chi connectivity index (χ0n) is 11.4. The lowest BCUT2D eigenvalue weighted by Gasteiger charge is -2.23. The highest BCUT2D eigenvalue weighted by atomic mass is 16.7. The Morgan fingerprint density at radius 2 is 2.35 bits per heavy atom. The first kappa shape index (κ1) is 13.1. The van der Waals surface area contributed by atoms with E-state index in [0.717, 1.165) is 17.7 Å². The third-order valence-electron chi connectivity index (χ3n) is 3.58. The lowest BCUT2D eigenvalue weighted by Crippen LogP contribution is -2.45. The number of rotatable bonds is 4. The first-order chi connectivity index (χ1) is 9.76. The molecule has 1 unspecified atom stereocenters. The van der Waals surface area contributed by atoms with Crippen LogP contribution in [-0.4, -0.2) is 32.4 Å². The SMILES string of the molecule is COc1cc(CNC2CCC(=O)NC2)cc2c1OCO2. The molecule has 6 heteroatoms. The molecule has 6 nitrogen and oxygen atoms in total. The zero-order chi connectivity index (χ0) is 13.9. The van der Waals surface area contributed by atoms with Gasteiger partial charge in [-0.05, 0) is 24.1 Å². The maximum Gasteiger partial charge on any atom is 0.231 e. The summed E-state index contributed by atoms with van der Waals surface area (Å²) < 4.78 is 16.1. The minimum atomic E-state index is 0.132. The van der Waals surface area contributed by atoms with E-state index in [1.807, 2.05) is 12.1 Å². The van der Waals surface area contributed by atoms with E-state index >= 15 is 0 Å². The summed E-state index contributed by atoms with van der Waals surface area (Å²) in [5, 5.41) is 6.30. The summed E-state index contributed by atoms with van der Waals surface area (Å²) in [6, 6.07) is 4.21. The summed E-state index contributed by atoms with van der Waals surface area (Å²) in [6.07, 6.45) is 1.45. The number of carbonyl (C=O) groups excluding carboxylic acids is 1. The van der Waals surface area contributed by atoms with Gasteiger partial charge in [0.2, 0.25) is 18.4 Å². The highest BCUT2D eigenvalue weighted by molar-refractivity contribution is 5.76. The molecule has 0 radical (unpaired) electrons. The topological polar surface area (TPSA) is 68.8 Å². The number of benzene rings is 1. The van der Waals surface area contributed by atoms with Gasteiger partial charge in [0.15, 0.2) is 11.5 Å².